The maximum absolute atomic E-state index is 13.9. The molecule has 0 bridgehead atoms. The average molecular weight is 870 g/mol. The Morgan fingerprint density at radius 3 is 1.17 bits per heavy atom. The summed E-state index contributed by atoms with van der Waals surface area (Å²) in [5.74, 6) is -45.9. The Morgan fingerprint density at radius 2 is 0.796 bits per heavy atom. The van der Waals surface area contributed by atoms with Crippen molar-refractivity contribution < 1.29 is 119 Å². The summed E-state index contributed by atoms with van der Waals surface area (Å²) in [6, 6.07) is 0. The molecule has 1 atom stereocenters. The molecule has 0 amide bonds. The molecule has 0 nitrogen and oxygen atoms in total. The van der Waals surface area contributed by atoms with Gasteiger partial charge in [-0.3, -0.25) is 0 Å². The first-order chi connectivity index (χ1) is 23.8. The van der Waals surface area contributed by atoms with Crippen LogP contribution in [0.4, 0.5) is 119 Å². The molecule has 28 heteroatoms. The summed E-state index contributed by atoms with van der Waals surface area (Å²) in [6.07, 6.45) is -21.7. The average Bonchev–Trinajstić information content (AvgIpc) is 2.98. The summed E-state index contributed by atoms with van der Waals surface area (Å²) >= 11 is 0. The Bertz CT molecular complexity index is 1620. The summed E-state index contributed by atoms with van der Waals surface area (Å²) < 4.78 is 353. The Labute approximate surface area is 283 Å². The summed E-state index contributed by atoms with van der Waals surface area (Å²) in [6.45, 7) is 1.65. The first-order valence-corrected chi connectivity index (χ1v) is 14.4. The zero-order valence-corrected chi connectivity index (χ0v) is 26.2. The van der Waals surface area contributed by atoms with Gasteiger partial charge in [0.25, 0.3) is 0 Å². The fourth-order valence-electron chi connectivity index (χ4n) is 3.94. The van der Waals surface area contributed by atoms with E-state index in [9.17, 15) is 119 Å². The third-order valence-electron chi connectivity index (χ3n) is 6.61. The zero-order chi connectivity index (χ0) is 43.2. The molecule has 0 aliphatic heterocycles. The second-order valence-electron chi connectivity index (χ2n) is 10.4. The highest BCUT2D eigenvalue weighted by Gasteiger charge is 2.75. The van der Waals surface area contributed by atoms with Crippen molar-refractivity contribution >= 4 is 8.58 Å². The lowest BCUT2D eigenvalue weighted by Crippen LogP contribution is -2.53. The van der Waals surface area contributed by atoms with Crippen molar-refractivity contribution in [2.75, 3.05) is 0 Å². The SMILES string of the molecule is CCCCCCC(F)(F)C(F)(F)C(F)(F)PC(F)(F)C(F)(F)F.Fc1c(F)c(F)c(-c2c(C(F)(F)F)c(F)c(F)c(F)c2C(F)(F)C(F)(F)F)c(F)c1F. The van der Waals surface area contributed by atoms with Crippen molar-refractivity contribution in [3.05, 3.63) is 57.7 Å². The molecule has 2 aromatic rings. The number of hydrogen-bond donors (Lipinski definition) is 0. The van der Waals surface area contributed by atoms with E-state index in [0.29, 0.717) is 12.8 Å². The molecule has 54 heavy (non-hydrogen) atoms. The van der Waals surface area contributed by atoms with E-state index in [1.807, 2.05) is 0 Å². The molecule has 1 unspecified atom stereocenters. The molecule has 312 valence electrons. The first-order valence-electron chi connectivity index (χ1n) is 13.4. The fraction of sp³-hybridized carbons (Fsp3) is 0.538. The minimum Gasteiger partial charge on any atom is -0.203 e. The first kappa shape index (κ1) is 49.0. The van der Waals surface area contributed by atoms with Crippen molar-refractivity contribution in [1.82, 2.24) is 0 Å². The van der Waals surface area contributed by atoms with Gasteiger partial charge in [0.15, 0.2) is 40.7 Å². The van der Waals surface area contributed by atoms with Crippen LogP contribution in [-0.4, -0.2) is 35.5 Å². The van der Waals surface area contributed by atoms with E-state index in [2.05, 4.69) is 0 Å². The van der Waals surface area contributed by atoms with Crippen LogP contribution in [-0.2, 0) is 12.1 Å². The van der Waals surface area contributed by atoms with Crippen LogP contribution in [0.25, 0.3) is 11.1 Å². The fourth-order valence-corrected chi connectivity index (χ4v) is 4.82. The molecule has 0 N–H and O–H groups in total. The van der Waals surface area contributed by atoms with Crippen LogP contribution >= 0.6 is 8.58 Å². The number of hydrogen-bond acceptors (Lipinski definition) is 0. The van der Waals surface area contributed by atoms with Crippen LogP contribution in [0.1, 0.15) is 50.2 Å². The van der Waals surface area contributed by atoms with Crippen molar-refractivity contribution in [2.45, 2.75) is 86.7 Å². The van der Waals surface area contributed by atoms with Gasteiger partial charge in [-0.2, -0.15) is 83.4 Å². The maximum atomic E-state index is 13.9. The van der Waals surface area contributed by atoms with Crippen LogP contribution in [0.2, 0.25) is 0 Å². The second kappa shape index (κ2) is 15.8. The highest BCUT2D eigenvalue weighted by molar-refractivity contribution is 7.41. The van der Waals surface area contributed by atoms with Gasteiger partial charge in [0.2, 0.25) is 5.82 Å². The smallest absolute Gasteiger partial charge is 0.203 e. The molecular formula is C26H14F27P. The van der Waals surface area contributed by atoms with E-state index in [0.717, 1.165) is 0 Å². The highest BCUT2D eigenvalue weighted by Crippen LogP contribution is 2.63. The number of benzene rings is 2. The number of halogens is 27. The molecule has 0 aliphatic carbocycles. The molecule has 0 radical (unpaired) electrons. The Balaban J connectivity index is 0.000000567. The van der Waals surface area contributed by atoms with Gasteiger partial charge in [-0.1, -0.05) is 26.2 Å². The molecule has 0 aliphatic rings. The summed E-state index contributed by atoms with van der Waals surface area (Å²) in [4.78, 5) is 0. The van der Waals surface area contributed by atoms with Gasteiger partial charge in [-0.15, -0.1) is 0 Å². The van der Waals surface area contributed by atoms with Crippen LogP contribution in [0.3, 0.4) is 0 Å². The lowest BCUT2D eigenvalue weighted by atomic mass is 9.88. The predicted molar refractivity (Wildman–Crippen MR) is 129 cm³/mol. The summed E-state index contributed by atoms with van der Waals surface area (Å²) in [7, 11) is -4.05. The van der Waals surface area contributed by atoms with Gasteiger partial charge in [-0.25, -0.2) is 35.1 Å². The zero-order valence-electron chi connectivity index (χ0n) is 25.2. The van der Waals surface area contributed by atoms with Crippen LogP contribution in [0.15, 0.2) is 0 Å². The molecule has 2 aromatic carbocycles. The topological polar surface area (TPSA) is 0 Å². The van der Waals surface area contributed by atoms with E-state index in [4.69, 9.17) is 0 Å². The predicted octanol–water partition coefficient (Wildman–Crippen LogP) is 13.8. The van der Waals surface area contributed by atoms with Crippen molar-refractivity contribution in [1.29, 1.82) is 0 Å². The van der Waals surface area contributed by atoms with E-state index in [1.54, 1.807) is 6.92 Å². The molecule has 0 heterocycles. The van der Waals surface area contributed by atoms with Crippen molar-refractivity contribution in [3.63, 3.8) is 0 Å². The van der Waals surface area contributed by atoms with Gasteiger partial charge >= 0.3 is 47.6 Å². The number of alkyl halides is 19. The van der Waals surface area contributed by atoms with E-state index < -0.39 is 138 Å². The maximum Gasteiger partial charge on any atom is 0.458 e. The van der Waals surface area contributed by atoms with Gasteiger partial charge in [0.1, 0.15) is 5.56 Å². The van der Waals surface area contributed by atoms with E-state index >= 15 is 0 Å². The van der Waals surface area contributed by atoms with Crippen LogP contribution < -0.4 is 0 Å². The number of unbranched alkanes of at least 4 members (excludes halogenated alkanes) is 3. The molecule has 0 spiro atoms. The molecular weight excluding hydrogens is 856 g/mol. The number of rotatable bonds is 11. The third-order valence-corrected chi connectivity index (χ3v) is 7.83. The quantitative estimate of drug-likeness (QED) is 0.0694. The Morgan fingerprint density at radius 1 is 0.407 bits per heavy atom. The molecule has 0 fully saturated rings. The second-order valence-corrected chi connectivity index (χ2v) is 11.9. The highest BCUT2D eigenvalue weighted by atomic mass is 31.1. The van der Waals surface area contributed by atoms with Gasteiger partial charge in [0, 0.05) is 20.6 Å². The van der Waals surface area contributed by atoms with Crippen LogP contribution in [0, 0.1) is 46.5 Å². The van der Waals surface area contributed by atoms with Crippen molar-refractivity contribution in [3.8, 4) is 11.1 Å². The van der Waals surface area contributed by atoms with Gasteiger partial charge < -0.3 is 0 Å². The van der Waals surface area contributed by atoms with E-state index in [1.165, 1.54) is 0 Å². The summed E-state index contributed by atoms with van der Waals surface area (Å²) in [5, 5.41) is 0. The van der Waals surface area contributed by atoms with Crippen molar-refractivity contribution in [2.24, 2.45) is 0 Å². The minimum atomic E-state index is -7.10. The molecule has 0 saturated heterocycles. The molecule has 0 aromatic heterocycles. The van der Waals surface area contributed by atoms with Gasteiger partial charge in [0.05, 0.1) is 11.1 Å². The van der Waals surface area contributed by atoms with Crippen LogP contribution in [0.5, 0.6) is 0 Å². The molecule has 2 rings (SSSR count). The molecule has 0 saturated carbocycles. The van der Waals surface area contributed by atoms with E-state index in [-0.39, 0.29) is 6.42 Å². The lowest BCUT2D eigenvalue weighted by molar-refractivity contribution is -0.290. The largest absolute Gasteiger partial charge is 0.458 e. The third kappa shape index (κ3) is 9.32. The Hall–Kier alpha value is -3.02. The minimum absolute atomic E-state index is 0.00867. The van der Waals surface area contributed by atoms with Gasteiger partial charge in [-0.05, 0) is 6.42 Å². The standard InChI is InChI=1S/C15F16.C11H14F11P/c16-5-2(6(17)10(21)12(23)9(5)20)1-3(13(24,25)15(29,30)31)7(18)11(22)8(19)4(1)14(26,27)28;1-2-3-4-5-6-7(12,13)8(14,15)10(19,20)23-11(21,22)9(16,17)18/h;23H,2-6H2,1H3. The monoisotopic (exact) mass is 870 g/mol. The lowest BCUT2D eigenvalue weighted by Gasteiger charge is -2.34. The summed E-state index contributed by atoms with van der Waals surface area (Å²) in [5.41, 5.74) is -26.6. The Kier molecular flexibility index (Phi) is 14.4. The normalized spacial score (nSPS) is 14.2.